The maximum Gasteiger partial charge on any atom is 0.149 e. The number of phenolic OH excluding ortho intramolecular Hbond substituents is 1. The van der Waals surface area contributed by atoms with Crippen molar-refractivity contribution < 1.29 is 5.11 Å². The van der Waals surface area contributed by atoms with Crippen molar-refractivity contribution in [2.75, 3.05) is 0 Å². The molecule has 56 heavy (non-hydrogen) atoms. The number of aromatic hydroxyl groups is 1. The zero-order valence-corrected chi connectivity index (χ0v) is 33.8. The lowest BCUT2D eigenvalue weighted by molar-refractivity contribution is 0.446. The Morgan fingerprint density at radius 1 is 0.607 bits per heavy atom. The first-order valence-corrected chi connectivity index (χ1v) is 19.6. The van der Waals surface area contributed by atoms with Gasteiger partial charge in [-0.15, -0.1) is 0 Å². The predicted molar refractivity (Wildman–Crippen MR) is 234 cm³/mol. The molecule has 9 rings (SSSR count). The van der Waals surface area contributed by atoms with E-state index in [1.165, 1.54) is 22.0 Å². The largest absolute Gasteiger partial charge is 0.507 e. The van der Waals surface area contributed by atoms with Crippen molar-refractivity contribution in [3.63, 3.8) is 0 Å². The summed E-state index contributed by atoms with van der Waals surface area (Å²) in [6, 6.07) is 39.0. The SMILES string of the molecule is Cc1ccc(-n2c(-c3cc(C(C)(C)C)cc(C(C)(C)C)c3O)nc3c(-c4cc(C)c5c(c4)c4nccc(C)c4c4cccn45)cccc32)c(-c2ccccc2)c1. The molecule has 0 aliphatic carbocycles. The molecule has 0 radical (unpaired) electrons. The fourth-order valence-electron chi connectivity index (χ4n) is 8.56. The van der Waals surface area contributed by atoms with Gasteiger partial charge in [0.15, 0.2) is 0 Å². The molecule has 5 heteroatoms. The normalized spacial score (nSPS) is 12.4. The number of benzene rings is 5. The fourth-order valence-corrected chi connectivity index (χ4v) is 8.56. The van der Waals surface area contributed by atoms with Crippen molar-refractivity contribution in [1.82, 2.24) is 18.9 Å². The number of pyridine rings is 2. The van der Waals surface area contributed by atoms with Gasteiger partial charge in [-0.3, -0.25) is 9.55 Å². The second kappa shape index (κ2) is 12.7. The van der Waals surface area contributed by atoms with E-state index in [1.54, 1.807) is 0 Å². The molecule has 1 N–H and O–H groups in total. The summed E-state index contributed by atoms with van der Waals surface area (Å²) in [6.07, 6.45) is 4.07. The smallest absolute Gasteiger partial charge is 0.149 e. The summed E-state index contributed by atoms with van der Waals surface area (Å²) in [5.74, 6) is 0.971. The number of fused-ring (bicyclic) bond motifs is 7. The maximum atomic E-state index is 12.4. The number of rotatable bonds is 4. The van der Waals surface area contributed by atoms with Gasteiger partial charge < -0.3 is 9.51 Å². The average molecular weight is 733 g/mol. The molecule has 9 aromatic rings. The molecule has 0 aliphatic heterocycles. The Hall–Kier alpha value is -6.20. The van der Waals surface area contributed by atoms with E-state index in [4.69, 9.17) is 9.97 Å². The molecule has 0 saturated carbocycles. The minimum absolute atomic E-state index is 0.160. The van der Waals surface area contributed by atoms with Crippen molar-refractivity contribution >= 4 is 38.4 Å². The van der Waals surface area contributed by atoms with Crippen LogP contribution in [0.1, 0.15) is 69.4 Å². The molecule has 278 valence electrons. The zero-order chi connectivity index (χ0) is 39.3. The number of nitrogens with zero attached hydrogens (tertiary/aromatic N) is 4. The number of phenols is 1. The summed E-state index contributed by atoms with van der Waals surface area (Å²) in [5, 5.41) is 14.6. The van der Waals surface area contributed by atoms with Crippen molar-refractivity contribution in [2.45, 2.75) is 73.1 Å². The van der Waals surface area contributed by atoms with E-state index in [2.05, 4.69) is 187 Å². The summed E-state index contributed by atoms with van der Waals surface area (Å²) in [4.78, 5) is 10.6. The van der Waals surface area contributed by atoms with Crippen LogP contribution in [0.15, 0.2) is 122 Å². The number of hydrogen-bond acceptors (Lipinski definition) is 3. The number of para-hydroxylation sites is 1. The van der Waals surface area contributed by atoms with Gasteiger partial charge in [-0.25, -0.2) is 4.98 Å². The summed E-state index contributed by atoms with van der Waals surface area (Å²) < 4.78 is 4.57. The van der Waals surface area contributed by atoms with Crippen molar-refractivity contribution in [1.29, 1.82) is 0 Å². The predicted octanol–water partition coefficient (Wildman–Crippen LogP) is 13.2. The van der Waals surface area contributed by atoms with E-state index in [-0.39, 0.29) is 16.6 Å². The molecular weight excluding hydrogens is 685 g/mol. The second-order valence-corrected chi connectivity index (χ2v) is 17.6. The molecule has 0 aliphatic rings. The Morgan fingerprint density at radius 3 is 2.12 bits per heavy atom. The monoisotopic (exact) mass is 732 g/mol. The molecule has 0 bridgehead atoms. The standard InChI is InChI=1S/C51H48N4O/c1-30-20-21-41(37(25-30)33-15-11-10-12-16-33)55-43-18-13-17-36(45(43)53-49(55)39-28-35(50(4,5)6)29-40(48(39)56)51(7,8)9)34-26-32(3)47-38(27-34)46-44(31(2)22-23-52-46)42-19-14-24-54(42)47/h10-29,56H,1-9H3. The zero-order valence-electron chi connectivity index (χ0n) is 33.8. The quantitative estimate of drug-likeness (QED) is 0.183. The Balaban J connectivity index is 1.41. The van der Waals surface area contributed by atoms with Crippen LogP contribution < -0.4 is 0 Å². The third-order valence-corrected chi connectivity index (χ3v) is 11.5. The third-order valence-electron chi connectivity index (χ3n) is 11.5. The van der Waals surface area contributed by atoms with Gasteiger partial charge in [0.05, 0.1) is 38.8 Å². The first-order valence-electron chi connectivity index (χ1n) is 19.6. The van der Waals surface area contributed by atoms with Crippen LogP contribution in [-0.2, 0) is 10.8 Å². The molecular formula is C51H48N4O. The van der Waals surface area contributed by atoms with Crippen LogP contribution in [0.2, 0.25) is 0 Å². The van der Waals surface area contributed by atoms with Gasteiger partial charge in [0.2, 0.25) is 0 Å². The van der Waals surface area contributed by atoms with Crippen LogP contribution in [0.25, 0.3) is 77.7 Å². The number of aryl methyl sites for hydroxylation is 3. The average Bonchev–Trinajstić information content (AvgIpc) is 3.80. The van der Waals surface area contributed by atoms with Gasteiger partial charge in [0.1, 0.15) is 11.6 Å². The Morgan fingerprint density at radius 2 is 1.38 bits per heavy atom. The van der Waals surface area contributed by atoms with Crippen LogP contribution in [-0.4, -0.2) is 24.0 Å². The Labute approximate surface area is 328 Å². The number of imidazole rings is 1. The molecule has 5 nitrogen and oxygen atoms in total. The number of aromatic nitrogens is 4. The van der Waals surface area contributed by atoms with Crippen LogP contribution in [0, 0.1) is 20.8 Å². The van der Waals surface area contributed by atoms with E-state index < -0.39 is 0 Å². The number of hydrogen-bond donors (Lipinski definition) is 1. The minimum Gasteiger partial charge on any atom is -0.507 e. The summed E-state index contributed by atoms with van der Waals surface area (Å²) >= 11 is 0. The molecule has 0 fully saturated rings. The molecule has 0 saturated heterocycles. The van der Waals surface area contributed by atoms with Crippen molar-refractivity contribution in [3.05, 3.63) is 149 Å². The van der Waals surface area contributed by atoms with Gasteiger partial charge in [-0.1, -0.05) is 102 Å². The van der Waals surface area contributed by atoms with Gasteiger partial charge in [0, 0.05) is 39.9 Å². The molecule has 4 heterocycles. The summed E-state index contributed by atoms with van der Waals surface area (Å²) in [7, 11) is 0. The van der Waals surface area contributed by atoms with E-state index in [1.807, 2.05) is 6.20 Å². The van der Waals surface area contributed by atoms with Crippen LogP contribution in [0.4, 0.5) is 0 Å². The van der Waals surface area contributed by atoms with E-state index in [9.17, 15) is 5.11 Å². The molecule has 0 amide bonds. The van der Waals surface area contributed by atoms with E-state index >= 15 is 0 Å². The van der Waals surface area contributed by atoms with Gasteiger partial charge in [-0.2, -0.15) is 0 Å². The van der Waals surface area contributed by atoms with E-state index in [0.29, 0.717) is 5.82 Å². The fraction of sp³-hybridized carbons (Fsp3) is 0.216. The van der Waals surface area contributed by atoms with E-state index in [0.717, 1.165) is 77.6 Å². The minimum atomic E-state index is -0.302. The van der Waals surface area contributed by atoms with Crippen LogP contribution in [0.5, 0.6) is 5.75 Å². The lowest BCUT2D eigenvalue weighted by Gasteiger charge is -2.27. The highest BCUT2D eigenvalue weighted by Gasteiger charge is 2.29. The molecule has 4 aromatic heterocycles. The van der Waals surface area contributed by atoms with Crippen LogP contribution >= 0.6 is 0 Å². The van der Waals surface area contributed by atoms with Gasteiger partial charge in [-0.05, 0) is 114 Å². The molecule has 5 aromatic carbocycles. The second-order valence-electron chi connectivity index (χ2n) is 17.6. The lowest BCUT2D eigenvalue weighted by Crippen LogP contribution is -2.17. The van der Waals surface area contributed by atoms with Crippen molar-refractivity contribution in [3.8, 4) is 45.1 Å². The highest BCUT2D eigenvalue weighted by molar-refractivity contribution is 6.14. The highest BCUT2D eigenvalue weighted by Crippen LogP contribution is 2.46. The summed E-state index contributed by atoms with van der Waals surface area (Å²) in [5.41, 5.74) is 16.3. The molecule has 0 unspecified atom stereocenters. The first kappa shape index (κ1) is 35.5. The topological polar surface area (TPSA) is 55.3 Å². The molecule has 0 atom stereocenters. The Kier molecular flexibility index (Phi) is 8.03. The van der Waals surface area contributed by atoms with Crippen molar-refractivity contribution in [2.24, 2.45) is 0 Å². The third kappa shape index (κ3) is 5.59. The lowest BCUT2D eigenvalue weighted by atomic mass is 9.79. The maximum absolute atomic E-state index is 12.4. The van der Waals surface area contributed by atoms with Gasteiger partial charge in [0.25, 0.3) is 0 Å². The van der Waals surface area contributed by atoms with Crippen LogP contribution in [0.3, 0.4) is 0 Å². The van der Waals surface area contributed by atoms with Gasteiger partial charge >= 0.3 is 0 Å². The Bertz CT molecular complexity index is 3020. The molecule has 0 spiro atoms. The summed E-state index contributed by atoms with van der Waals surface area (Å²) in [6.45, 7) is 19.7. The highest BCUT2D eigenvalue weighted by atomic mass is 16.3. The first-order chi connectivity index (χ1) is 26.7.